The van der Waals surface area contributed by atoms with Crippen LogP contribution in [0.1, 0.15) is 42.2 Å². The third kappa shape index (κ3) is 1.74. The fraction of sp³-hybridized carbons (Fsp3) is 0.556. The van der Waals surface area contributed by atoms with Gasteiger partial charge in [-0.1, -0.05) is 4.68 Å². The number of carboxylic acid groups (broad SMARTS) is 1. The van der Waals surface area contributed by atoms with Crippen molar-refractivity contribution in [3.8, 4) is 0 Å². The standard InChI is InChI=1S/C9H11N3O3/c13-9(14)7-5-8(11-15)10-12(7)6-3-1-2-4-6/h5-6H,1-4H2,(H,13,14)/p+1. The summed E-state index contributed by atoms with van der Waals surface area (Å²) < 4.78 is 1.55. The maximum Gasteiger partial charge on any atom is 0.403 e. The summed E-state index contributed by atoms with van der Waals surface area (Å²) in [4.78, 5) is 21.2. The number of nitroso groups, excluding NO2 is 1. The highest BCUT2D eigenvalue weighted by molar-refractivity contribution is 5.84. The molecule has 1 aliphatic carbocycles. The second-order valence-corrected chi connectivity index (χ2v) is 3.73. The van der Waals surface area contributed by atoms with Gasteiger partial charge in [0.1, 0.15) is 0 Å². The monoisotopic (exact) mass is 210 g/mol. The zero-order valence-electron chi connectivity index (χ0n) is 8.14. The van der Waals surface area contributed by atoms with Crippen LogP contribution >= 0.6 is 0 Å². The van der Waals surface area contributed by atoms with Gasteiger partial charge in [0.15, 0.2) is 6.04 Å². The molecule has 0 spiro atoms. The van der Waals surface area contributed by atoms with Crippen LogP contribution in [0, 0.1) is 4.91 Å². The Morgan fingerprint density at radius 1 is 1.53 bits per heavy atom. The van der Waals surface area contributed by atoms with Crippen LogP contribution in [0.3, 0.4) is 0 Å². The molecule has 1 aromatic heterocycles. The van der Waals surface area contributed by atoms with Crippen LogP contribution in [0.5, 0.6) is 0 Å². The Kier molecular flexibility index (Phi) is 2.49. The van der Waals surface area contributed by atoms with Crippen molar-refractivity contribution >= 4 is 11.8 Å². The summed E-state index contributed by atoms with van der Waals surface area (Å²) >= 11 is 0. The van der Waals surface area contributed by atoms with Crippen LogP contribution < -0.4 is 4.68 Å². The minimum atomic E-state index is -1.03. The zero-order valence-corrected chi connectivity index (χ0v) is 8.14. The summed E-state index contributed by atoms with van der Waals surface area (Å²) in [5.41, 5.74) is 0.108. The number of nitrogens with one attached hydrogen (secondary N) is 1. The molecular formula is C9H12N3O3+. The molecule has 1 fully saturated rings. The van der Waals surface area contributed by atoms with E-state index in [0.717, 1.165) is 25.7 Å². The summed E-state index contributed by atoms with van der Waals surface area (Å²) in [6.07, 6.45) is 4.09. The molecule has 0 atom stereocenters. The molecule has 0 radical (unpaired) electrons. The highest BCUT2D eigenvalue weighted by Crippen LogP contribution is 2.25. The number of carboxylic acids is 1. The average molecular weight is 210 g/mol. The molecule has 2 N–H and O–H groups in total. The first-order chi connectivity index (χ1) is 7.22. The van der Waals surface area contributed by atoms with Crippen LogP contribution in [-0.2, 0) is 0 Å². The number of hydrogen-bond acceptors (Lipinski definition) is 3. The van der Waals surface area contributed by atoms with Crippen molar-refractivity contribution in [1.29, 1.82) is 0 Å². The second-order valence-electron chi connectivity index (χ2n) is 3.73. The molecule has 1 aromatic rings. The topological polar surface area (TPSA) is 86.4 Å². The van der Waals surface area contributed by atoms with Gasteiger partial charge in [0.2, 0.25) is 5.82 Å². The molecule has 6 nitrogen and oxygen atoms in total. The lowest BCUT2D eigenvalue weighted by Gasteiger charge is -2.00. The third-order valence-electron chi connectivity index (χ3n) is 2.78. The van der Waals surface area contributed by atoms with Crippen LogP contribution in [0.25, 0.3) is 0 Å². The Hall–Kier alpha value is -1.72. The molecule has 1 aliphatic rings. The van der Waals surface area contributed by atoms with E-state index in [2.05, 4.69) is 10.3 Å². The zero-order chi connectivity index (χ0) is 10.8. The van der Waals surface area contributed by atoms with Crippen molar-refractivity contribution in [2.45, 2.75) is 31.7 Å². The van der Waals surface area contributed by atoms with Gasteiger partial charge in [0.05, 0.1) is 6.07 Å². The minimum Gasteiger partial charge on any atom is -0.473 e. The van der Waals surface area contributed by atoms with Crippen molar-refractivity contribution in [3.05, 3.63) is 16.7 Å². The predicted molar refractivity (Wildman–Crippen MR) is 50.9 cm³/mol. The first kappa shape index (κ1) is 9.82. The van der Waals surface area contributed by atoms with Gasteiger partial charge in [-0.3, -0.25) is 0 Å². The van der Waals surface area contributed by atoms with Crippen LogP contribution in [0.4, 0.5) is 5.82 Å². The van der Waals surface area contributed by atoms with E-state index in [-0.39, 0.29) is 17.6 Å². The molecule has 0 unspecified atom stereocenters. The van der Waals surface area contributed by atoms with Gasteiger partial charge in [0, 0.05) is 12.8 Å². The number of aromatic amines is 1. The van der Waals surface area contributed by atoms with Gasteiger partial charge in [-0.2, -0.15) is 0 Å². The summed E-state index contributed by atoms with van der Waals surface area (Å²) in [5.74, 6) is -0.965. The van der Waals surface area contributed by atoms with E-state index in [0.29, 0.717) is 0 Å². The molecule has 80 valence electrons. The van der Waals surface area contributed by atoms with Gasteiger partial charge >= 0.3 is 11.7 Å². The minimum absolute atomic E-state index is 0.0688. The lowest BCUT2D eigenvalue weighted by Crippen LogP contribution is -2.44. The van der Waals surface area contributed by atoms with E-state index in [1.807, 2.05) is 0 Å². The highest BCUT2D eigenvalue weighted by Gasteiger charge is 2.32. The third-order valence-corrected chi connectivity index (χ3v) is 2.78. The maximum absolute atomic E-state index is 10.9. The van der Waals surface area contributed by atoms with Crippen molar-refractivity contribution in [1.82, 2.24) is 5.10 Å². The Balaban J connectivity index is 2.38. The van der Waals surface area contributed by atoms with Crippen LogP contribution in [-0.4, -0.2) is 16.2 Å². The van der Waals surface area contributed by atoms with Gasteiger partial charge in [0.25, 0.3) is 0 Å². The molecule has 15 heavy (non-hydrogen) atoms. The summed E-state index contributed by atoms with van der Waals surface area (Å²) in [6.45, 7) is 0. The molecule has 1 heterocycles. The number of rotatable bonds is 3. The normalized spacial score (nSPS) is 16.8. The van der Waals surface area contributed by atoms with Crippen molar-refractivity contribution in [2.75, 3.05) is 0 Å². The Bertz CT molecular complexity index is 393. The first-order valence-electron chi connectivity index (χ1n) is 4.93. The van der Waals surface area contributed by atoms with Gasteiger partial charge in [-0.15, -0.1) is 10.0 Å². The van der Waals surface area contributed by atoms with Gasteiger partial charge < -0.3 is 5.11 Å². The van der Waals surface area contributed by atoms with E-state index in [1.54, 1.807) is 4.68 Å². The summed E-state index contributed by atoms with van der Waals surface area (Å²) in [5, 5.41) is 14.4. The average Bonchev–Trinajstić information content (AvgIpc) is 2.86. The smallest absolute Gasteiger partial charge is 0.403 e. The molecule has 0 aliphatic heterocycles. The van der Waals surface area contributed by atoms with Crippen LogP contribution in [0.2, 0.25) is 0 Å². The fourth-order valence-electron chi connectivity index (χ4n) is 2.08. The molecule has 2 rings (SSSR count). The molecule has 1 saturated carbocycles. The maximum atomic E-state index is 10.9. The molecule has 0 saturated heterocycles. The molecule has 6 heteroatoms. The van der Waals surface area contributed by atoms with Gasteiger partial charge in [-0.25, -0.2) is 4.79 Å². The number of nitrogens with zero attached hydrogens (tertiary/aromatic N) is 2. The molecular weight excluding hydrogens is 198 g/mol. The number of hydrogen-bond donors (Lipinski definition) is 2. The van der Waals surface area contributed by atoms with E-state index >= 15 is 0 Å². The highest BCUT2D eigenvalue weighted by atomic mass is 16.4. The first-order valence-corrected chi connectivity index (χ1v) is 4.93. The largest absolute Gasteiger partial charge is 0.473 e. The van der Waals surface area contributed by atoms with E-state index in [4.69, 9.17) is 5.11 Å². The van der Waals surface area contributed by atoms with Crippen molar-refractivity contribution < 1.29 is 14.6 Å². The lowest BCUT2D eigenvalue weighted by atomic mass is 10.2. The van der Waals surface area contributed by atoms with Crippen molar-refractivity contribution in [2.24, 2.45) is 5.18 Å². The van der Waals surface area contributed by atoms with Crippen LogP contribution in [0.15, 0.2) is 11.2 Å². The fourth-order valence-corrected chi connectivity index (χ4v) is 2.08. The van der Waals surface area contributed by atoms with Crippen molar-refractivity contribution in [3.63, 3.8) is 0 Å². The number of carbonyl (C=O) groups is 1. The SMILES string of the molecule is O=Nc1cc(C(=O)O)[n+](C2CCCC2)[nH]1. The number of H-pyrrole nitrogens is 1. The lowest BCUT2D eigenvalue weighted by molar-refractivity contribution is -0.773. The Morgan fingerprint density at radius 3 is 2.73 bits per heavy atom. The Labute approximate surface area is 85.9 Å². The van der Waals surface area contributed by atoms with E-state index in [1.165, 1.54) is 6.07 Å². The van der Waals surface area contributed by atoms with E-state index < -0.39 is 5.97 Å². The van der Waals surface area contributed by atoms with Gasteiger partial charge in [-0.05, 0) is 18.0 Å². The molecule has 0 bridgehead atoms. The van der Waals surface area contributed by atoms with E-state index in [9.17, 15) is 9.70 Å². The predicted octanol–water partition coefficient (Wildman–Crippen LogP) is 1.51. The summed E-state index contributed by atoms with van der Waals surface area (Å²) in [6, 6.07) is 1.43. The second kappa shape index (κ2) is 3.80. The molecule has 0 aromatic carbocycles. The molecule has 0 amide bonds. The number of aromatic nitrogens is 2. The Morgan fingerprint density at radius 2 is 2.20 bits per heavy atom. The summed E-state index contributed by atoms with van der Waals surface area (Å²) in [7, 11) is 0. The number of aromatic carboxylic acids is 1. The quantitative estimate of drug-likeness (QED) is 0.585.